The van der Waals surface area contributed by atoms with E-state index in [4.69, 9.17) is 0 Å². The molecule has 0 aromatic carbocycles. The van der Waals surface area contributed by atoms with E-state index in [1.54, 1.807) is 0 Å². The lowest BCUT2D eigenvalue weighted by Crippen LogP contribution is -2.40. The van der Waals surface area contributed by atoms with Gasteiger partial charge in [0.1, 0.15) is 0 Å². The molecule has 2 aliphatic heterocycles. The normalized spacial score (nSPS) is 27.3. The highest BCUT2D eigenvalue weighted by Crippen LogP contribution is 2.21. The lowest BCUT2D eigenvalue weighted by Gasteiger charge is -2.27. The first-order chi connectivity index (χ1) is 9.22. The Labute approximate surface area is 117 Å². The van der Waals surface area contributed by atoms with Gasteiger partial charge in [-0.15, -0.1) is 0 Å². The zero-order chi connectivity index (χ0) is 13.7. The minimum atomic E-state index is 0.105. The molecule has 0 aromatic heterocycles. The van der Waals surface area contributed by atoms with Crippen LogP contribution in [-0.4, -0.2) is 61.5 Å². The van der Waals surface area contributed by atoms with Gasteiger partial charge in [-0.3, -0.25) is 4.79 Å². The van der Waals surface area contributed by atoms with Crippen LogP contribution in [0.1, 0.15) is 39.0 Å². The largest absolute Gasteiger partial charge is 0.342 e. The van der Waals surface area contributed by atoms with E-state index in [0.29, 0.717) is 5.91 Å². The minimum absolute atomic E-state index is 0.105. The van der Waals surface area contributed by atoms with Crippen LogP contribution in [0.3, 0.4) is 0 Å². The lowest BCUT2D eigenvalue weighted by molar-refractivity contribution is -0.134. The Bertz CT molecular complexity index is 289. The van der Waals surface area contributed by atoms with Crippen LogP contribution in [0.25, 0.3) is 0 Å². The van der Waals surface area contributed by atoms with Crippen molar-refractivity contribution in [3.63, 3.8) is 0 Å². The van der Waals surface area contributed by atoms with Gasteiger partial charge in [-0.05, 0) is 52.2 Å². The second-order valence-electron chi connectivity index (χ2n) is 6.11. The van der Waals surface area contributed by atoms with E-state index < -0.39 is 0 Å². The maximum atomic E-state index is 12.3. The number of nitrogens with one attached hydrogen (secondary N) is 1. The van der Waals surface area contributed by atoms with Crippen LogP contribution in [0.5, 0.6) is 0 Å². The molecule has 4 nitrogen and oxygen atoms in total. The summed E-state index contributed by atoms with van der Waals surface area (Å²) in [6, 6.07) is 0.722. The van der Waals surface area contributed by atoms with Crippen LogP contribution in [0, 0.1) is 5.92 Å². The minimum Gasteiger partial charge on any atom is -0.342 e. The van der Waals surface area contributed by atoms with Crippen molar-refractivity contribution in [3.05, 3.63) is 0 Å². The standard InChI is InChI=1S/C15H29N3O/c1-13(12-16-2)15(19)18-10-5-6-14(7-11-18)17-8-3-4-9-17/h13-14,16H,3-12H2,1-2H3. The summed E-state index contributed by atoms with van der Waals surface area (Å²) in [4.78, 5) is 17.1. The van der Waals surface area contributed by atoms with Crippen LogP contribution in [0.15, 0.2) is 0 Å². The van der Waals surface area contributed by atoms with Gasteiger partial charge in [0.05, 0.1) is 0 Å². The van der Waals surface area contributed by atoms with Gasteiger partial charge in [0.25, 0.3) is 0 Å². The Balaban J connectivity index is 1.83. The second kappa shape index (κ2) is 7.25. The molecule has 0 saturated carbocycles. The Hall–Kier alpha value is -0.610. The highest BCUT2D eigenvalue weighted by molar-refractivity contribution is 5.78. The number of amides is 1. The molecule has 2 atom stereocenters. The fraction of sp³-hybridized carbons (Fsp3) is 0.933. The topological polar surface area (TPSA) is 35.6 Å². The summed E-state index contributed by atoms with van der Waals surface area (Å²) in [7, 11) is 1.91. The molecular formula is C15H29N3O. The van der Waals surface area contributed by atoms with Gasteiger partial charge in [0, 0.05) is 31.6 Å². The molecule has 2 heterocycles. The van der Waals surface area contributed by atoms with E-state index in [2.05, 4.69) is 15.1 Å². The van der Waals surface area contributed by atoms with Crippen LogP contribution >= 0.6 is 0 Å². The lowest BCUT2D eigenvalue weighted by atomic mass is 10.1. The maximum Gasteiger partial charge on any atom is 0.226 e. The molecule has 2 unspecified atom stereocenters. The van der Waals surface area contributed by atoms with Crippen molar-refractivity contribution in [2.24, 2.45) is 5.92 Å². The first-order valence-electron chi connectivity index (χ1n) is 7.90. The quantitative estimate of drug-likeness (QED) is 0.834. The summed E-state index contributed by atoms with van der Waals surface area (Å²) in [5, 5.41) is 3.10. The molecule has 19 heavy (non-hydrogen) atoms. The van der Waals surface area contributed by atoms with Crippen LogP contribution in [-0.2, 0) is 4.79 Å². The first-order valence-corrected chi connectivity index (χ1v) is 7.90. The highest BCUT2D eigenvalue weighted by atomic mass is 16.2. The Morgan fingerprint density at radius 2 is 1.89 bits per heavy atom. The number of carbonyl (C=O) groups excluding carboxylic acids is 1. The summed E-state index contributed by atoms with van der Waals surface area (Å²) in [6.07, 6.45) is 6.32. The molecular weight excluding hydrogens is 238 g/mol. The van der Waals surface area contributed by atoms with Gasteiger partial charge in [0.2, 0.25) is 5.91 Å². The molecule has 2 fully saturated rings. The van der Waals surface area contributed by atoms with Gasteiger partial charge < -0.3 is 15.1 Å². The van der Waals surface area contributed by atoms with E-state index in [9.17, 15) is 4.79 Å². The van der Waals surface area contributed by atoms with Crippen LogP contribution in [0.4, 0.5) is 0 Å². The van der Waals surface area contributed by atoms with Gasteiger partial charge >= 0.3 is 0 Å². The molecule has 0 bridgehead atoms. The maximum absolute atomic E-state index is 12.3. The molecule has 0 aromatic rings. The second-order valence-corrected chi connectivity index (χ2v) is 6.11. The molecule has 0 radical (unpaired) electrons. The molecule has 1 amide bonds. The van der Waals surface area contributed by atoms with E-state index >= 15 is 0 Å². The first kappa shape index (κ1) is 14.8. The fourth-order valence-corrected chi connectivity index (χ4v) is 3.48. The van der Waals surface area contributed by atoms with Gasteiger partial charge in [-0.1, -0.05) is 6.92 Å². The smallest absolute Gasteiger partial charge is 0.226 e. The van der Waals surface area contributed by atoms with Crippen molar-refractivity contribution in [1.29, 1.82) is 0 Å². The van der Waals surface area contributed by atoms with Crippen molar-refractivity contribution < 1.29 is 4.79 Å². The third-order valence-corrected chi connectivity index (χ3v) is 4.60. The average molecular weight is 267 g/mol. The van der Waals surface area contributed by atoms with Gasteiger partial charge in [-0.25, -0.2) is 0 Å². The summed E-state index contributed by atoms with van der Waals surface area (Å²) in [5.41, 5.74) is 0. The predicted octanol–water partition coefficient (Wildman–Crippen LogP) is 1.32. The Morgan fingerprint density at radius 3 is 2.58 bits per heavy atom. The van der Waals surface area contributed by atoms with Gasteiger partial charge in [0.15, 0.2) is 0 Å². The van der Waals surface area contributed by atoms with Crippen molar-refractivity contribution in [2.75, 3.05) is 39.8 Å². The number of likely N-dealkylation sites (tertiary alicyclic amines) is 2. The van der Waals surface area contributed by atoms with E-state index in [1.165, 1.54) is 38.8 Å². The number of hydrogen-bond acceptors (Lipinski definition) is 3. The highest BCUT2D eigenvalue weighted by Gasteiger charge is 2.27. The number of rotatable bonds is 4. The summed E-state index contributed by atoms with van der Waals surface area (Å²) in [5.74, 6) is 0.435. The van der Waals surface area contributed by atoms with E-state index in [-0.39, 0.29) is 5.92 Å². The zero-order valence-corrected chi connectivity index (χ0v) is 12.5. The molecule has 0 spiro atoms. The molecule has 4 heteroatoms. The number of nitrogens with zero attached hydrogens (tertiary/aromatic N) is 2. The third kappa shape index (κ3) is 3.93. The molecule has 2 saturated heterocycles. The number of hydrogen-bond donors (Lipinski definition) is 1. The summed E-state index contributed by atoms with van der Waals surface area (Å²) >= 11 is 0. The molecule has 2 aliphatic rings. The predicted molar refractivity (Wildman–Crippen MR) is 78.1 cm³/mol. The third-order valence-electron chi connectivity index (χ3n) is 4.60. The molecule has 2 rings (SSSR count). The molecule has 110 valence electrons. The average Bonchev–Trinajstić information content (AvgIpc) is 2.83. The van der Waals surface area contributed by atoms with Gasteiger partial charge in [-0.2, -0.15) is 0 Å². The monoisotopic (exact) mass is 267 g/mol. The summed E-state index contributed by atoms with van der Waals surface area (Å²) < 4.78 is 0. The van der Waals surface area contributed by atoms with Crippen LogP contribution in [0.2, 0.25) is 0 Å². The zero-order valence-electron chi connectivity index (χ0n) is 12.5. The Kier molecular flexibility index (Phi) is 5.64. The Morgan fingerprint density at radius 1 is 1.16 bits per heavy atom. The van der Waals surface area contributed by atoms with Crippen molar-refractivity contribution in [1.82, 2.24) is 15.1 Å². The van der Waals surface area contributed by atoms with Crippen molar-refractivity contribution in [2.45, 2.75) is 45.1 Å². The molecule has 0 aliphatic carbocycles. The van der Waals surface area contributed by atoms with Crippen molar-refractivity contribution in [3.8, 4) is 0 Å². The fourth-order valence-electron chi connectivity index (χ4n) is 3.48. The molecule has 1 N–H and O–H groups in total. The van der Waals surface area contributed by atoms with Crippen molar-refractivity contribution >= 4 is 5.91 Å². The van der Waals surface area contributed by atoms with E-state index in [0.717, 1.165) is 32.1 Å². The van der Waals surface area contributed by atoms with E-state index in [1.807, 2.05) is 14.0 Å². The SMILES string of the molecule is CNCC(C)C(=O)N1CCCC(N2CCCC2)CC1. The number of carbonyl (C=O) groups is 1. The van der Waals surface area contributed by atoms with Crippen LogP contribution < -0.4 is 5.32 Å². The summed E-state index contributed by atoms with van der Waals surface area (Å²) in [6.45, 7) is 7.27.